The van der Waals surface area contributed by atoms with Crippen molar-refractivity contribution in [1.82, 2.24) is 0 Å². The minimum absolute atomic E-state index is 0.0340. The summed E-state index contributed by atoms with van der Waals surface area (Å²) in [6.45, 7) is 1.54. The highest BCUT2D eigenvalue weighted by atomic mass is 35.5. The van der Waals surface area contributed by atoms with Gasteiger partial charge >= 0.3 is 0 Å². The van der Waals surface area contributed by atoms with Crippen LogP contribution in [0.2, 0.25) is 0 Å². The van der Waals surface area contributed by atoms with Gasteiger partial charge in [-0.05, 0) is 30.2 Å². The number of halogens is 2. The smallest absolute Gasteiger partial charge is 0.255 e. The maximum absolute atomic E-state index is 12.9. The molecule has 0 fully saturated rings. The van der Waals surface area contributed by atoms with E-state index in [1.807, 2.05) is 0 Å². The zero-order valence-corrected chi connectivity index (χ0v) is 6.57. The second-order valence-electron chi connectivity index (χ2n) is 2.13. The van der Waals surface area contributed by atoms with E-state index in [9.17, 15) is 9.18 Å². The van der Waals surface area contributed by atoms with Gasteiger partial charge in [0.15, 0.2) is 0 Å². The first kappa shape index (κ1) is 6.80. The predicted octanol–water partition coefficient (Wildman–Crippen LogP) is 2.51. The van der Waals surface area contributed by atoms with Crippen molar-refractivity contribution in [3.63, 3.8) is 0 Å². The largest absolute Gasteiger partial charge is 0.275 e. The lowest BCUT2D eigenvalue weighted by Crippen LogP contribution is -1.97. The van der Waals surface area contributed by atoms with Gasteiger partial charge in [0.1, 0.15) is 5.82 Å². The molecule has 0 radical (unpaired) electrons. The van der Waals surface area contributed by atoms with E-state index in [-0.39, 0.29) is 11.6 Å². The summed E-state index contributed by atoms with van der Waals surface area (Å²) in [7, 11) is 0. The Kier molecular flexibility index (Phi) is 1.86. The van der Waals surface area contributed by atoms with E-state index in [2.05, 4.69) is 0 Å². The molecule has 0 aliphatic carbocycles. The fourth-order valence-electron chi connectivity index (χ4n) is 0.821. The van der Waals surface area contributed by atoms with Crippen LogP contribution in [0.4, 0.5) is 4.39 Å². The quantitative estimate of drug-likeness (QED) is 0.597. The lowest BCUT2D eigenvalue weighted by molar-refractivity contribution is 0.107. The van der Waals surface area contributed by atoms with Crippen LogP contribution in [-0.2, 0) is 0 Å². The normalized spacial score (nSPS) is 11.0. The van der Waals surface area contributed by atoms with Crippen molar-refractivity contribution in [2.45, 2.75) is 6.92 Å². The van der Waals surface area contributed by atoms with Gasteiger partial charge in [-0.15, -0.1) is 0 Å². The Hall–Kier alpha value is -0.890. The van der Waals surface area contributed by atoms with Crippen LogP contribution in [0.15, 0.2) is 18.2 Å². The summed E-state index contributed by atoms with van der Waals surface area (Å²) in [5.74, 6) is -0.736. The summed E-state index contributed by atoms with van der Waals surface area (Å²) >= 11 is 5.13. The fraction of sp³-hybridized carbons (Fsp3) is 0.125. The topological polar surface area (TPSA) is 17.1 Å². The van der Waals surface area contributed by atoms with Gasteiger partial charge in [-0.25, -0.2) is 4.39 Å². The van der Waals surface area contributed by atoms with Gasteiger partial charge in [0, 0.05) is 0 Å². The molecule has 1 aromatic rings. The van der Waals surface area contributed by atoms with Crippen LogP contribution in [0.25, 0.3) is 0 Å². The molecule has 0 amide bonds. The molecule has 1 rings (SSSR count). The number of rotatable bonds is 1. The summed E-state index contributed by atoms with van der Waals surface area (Å²) < 4.78 is 20.1. The predicted molar refractivity (Wildman–Crippen MR) is 41.3 cm³/mol. The van der Waals surface area contributed by atoms with Gasteiger partial charge in [-0.3, -0.25) is 4.79 Å². The molecule has 0 saturated heterocycles. The lowest BCUT2D eigenvalue weighted by Gasteiger charge is -1.99. The second-order valence-corrected chi connectivity index (χ2v) is 2.48. The Morgan fingerprint density at radius 2 is 2.36 bits per heavy atom. The molecule has 0 N–H and O–H groups in total. The summed E-state index contributed by atoms with van der Waals surface area (Å²) in [6.07, 6.45) is 0. The molecule has 11 heavy (non-hydrogen) atoms. The molecule has 0 saturated carbocycles. The third-order valence-corrected chi connectivity index (χ3v) is 1.53. The standard InChI is InChI=1S/C8H6ClFO/c1-5-3-2-4-6(10)7(5)8(9)11/h2-4H,1H3/i2D. The third kappa shape index (κ3) is 1.57. The molecule has 0 aliphatic rings. The Labute approximate surface area is 70.2 Å². The maximum Gasteiger partial charge on any atom is 0.255 e. The number of hydrogen-bond acceptors (Lipinski definition) is 1. The first-order valence-electron chi connectivity index (χ1n) is 3.49. The molecule has 0 heterocycles. The van der Waals surface area contributed by atoms with Crippen molar-refractivity contribution < 1.29 is 10.6 Å². The molecular formula is C8H6ClFO. The molecule has 0 aliphatic heterocycles. The van der Waals surface area contributed by atoms with Crippen molar-refractivity contribution >= 4 is 16.8 Å². The minimum Gasteiger partial charge on any atom is -0.275 e. The molecule has 0 bridgehead atoms. The summed E-state index contributed by atoms with van der Waals surface area (Å²) in [4.78, 5) is 10.7. The van der Waals surface area contributed by atoms with Gasteiger partial charge in [-0.2, -0.15) is 0 Å². The zero-order chi connectivity index (χ0) is 9.30. The molecule has 1 aromatic carbocycles. The van der Waals surface area contributed by atoms with Gasteiger partial charge in [0.2, 0.25) is 0 Å². The maximum atomic E-state index is 12.9. The van der Waals surface area contributed by atoms with E-state index in [1.165, 1.54) is 13.0 Å². The van der Waals surface area contributed by atoms with Crippen LogP contribution in [0.1, 0.15) is 17.3 Å². The highest BCUT2D eigenvalue weighted by Gasteiger charge is 2.10. The van der Waals surface area contributed by atoms with Crippen LogP contribution in [0, 0.1) is 12.7 Å². The van der Waals surface area contributed by atoms with Crippen molar-refractivity contribution in [3.05, 3.63) is 35.1 Å². The van der Waals surface area contributed by atoms with Crippen molar-refractivity contribution in [1.29, 1.82) is 0 Å². The number of aryl methyl sites for hydroxylation is 1. The molecule has 58 valence electrons. The molecule has 0 aromatic heterocycles. The Bertz CT molecular complexity index is 315. The van der Waals surface area contributed by atoms with Crippen LogP contribution in [0.5, 0.6) is 0 Å². The fourth-order valence-corrected chi connectivity index (χ4v) is 1.06. The van der Waals surface area contributed by atoms with Gasteiger partial charge in [0.05, 0.1) is 6.93 Å². The van der Waals surface area contributed by atoms with E-state index in [4.69, 9.17) is 13.0 Å². The molecule has 0 spiro atoms. The molecule has 0 unspecified atom stereocenters. The number of carbonyl (C=O) groups excluding carboxylic acids is 1. The van der Waals surface area contributed by atoms with Crippen molar-refractivity contribution in [2.24, 2.45) is 0 Å². The first-order chi connectivity index (χ1) is 5.52. The first-order valence-corrected chi connectivity index (χ1v) is 3.36. The minimum atomic E-state index is -0.829. The van der Waals surface area contributed by atoms with E-state index in [1.54, 1.807) is 0 Å². The molecule has 0 atom stereocenters. The van der Waals surface area contributed by atoms with E-state index >= 15 is 0 Å². The molecule has 3 heteroatoms. The van der Waals surface area contributed by atoms with E-state index < -0.39 is 11.1 Å². The number of carbonyl (C=O) groups is 1. The van der Waals surface area contributed by atoms with Crippen LogP contribution in [-0.4, -0.2) is 5.24 Å². The van der Waals surface area contributed by atoms with Gasteiger partial charge < -0.3 is 0 Å². The van der Waals surface area contributed by atoms with E-state index in [0.717, 1.165) is 6.07 Å². The zero-order valence-electron chi connectivity index (χ0n) is 6.82. The second kappa shape index (κ2) is 3.01. The van der Waals surface area contributed by atoms with Crippen LogP contribution >= 0.6 is 11.6 Å². The van der Waals surface area contributed by atoms with Crippen LogP contribution in [0.3, 0.4) is 0 Å². The number of hydrogen-bond donors (Lipinski definition) is 0. The highest BCUT2D eigenvalue weighted by molar-refractivity contribution is 6.67. The SMILES string of the molecule is [2H]c1cc(C)c(C(=O)Cl)c(F)c1. The Morgan fingerprint density at radius 3 is 2.82 bits per heavy atom. The van der Waals surface area contributed by atoms with Gasteiger partial charge in [-0.1, -0.05) is 12.1 Å². The average molecular weight is 174 g/mol. The van der Waals surface area contributed by atoms with Crippen LogP contribution < -0.4 is 0 Å². The lowest BCUT2D eigenvalue weighted by atomic mass is 10.1. The van der Waals surface area contributed by atoms with Gasteiger partial charge in [0.25, 0.3) is 5.24 Å². The monoisotopic (exact) mass is 173 g/mol. The summed E-state index contributed by atoms with van der Waals surface area (Å²) in [5, 5.41) is -0.829. The highest BCUT2D eigenvalue weighted by Crippen LogP contribution is 2.14. The summed E-state index contributed by atoms with van der Waals surface area (Å²) in [5.41, 5.74) is 0.243. The average Bonchev–Trinajstić information content (AvgIpc) is 1.82. The Balaban J connectivity index is 3.38. The number of benzene rings is 1. The molecular weight excluding hydrogens is 167 g/mol. The molecule has 1 nitrogen and oxygen atoms in total. The van der Waals surface area contributed by atoms with E-state index in [0.29, 0.717) is 5.56 Å². The van der Waals surface area contributed by atoms with Crippen molar-refractivity contribution in [2.75, 3.05) is 0 Å². The summed E-state index contributed by atoms with van der Waals surface area (Å²) in [6, 6.07) is 2.38. The Morgan fingerprint density at radius 1 is 1.73 bits per heavy atom. The third-order valence-electron chi connectivity index (χ3n) is 1.34. The van der Waals surface area contributed by atoms with Crippen molar-refractivity contribution in [3.8, 4) is 0 Å².